The van der Waals surface area contributed by atoms with Crippen molar-refractivity contribution in [1.82, 2.24) is 10.3 Å². The number of rotatable bonds is 8. The van der Waals surface area contributed by atoms with Crippen LogP contribution in [0.3, 0.4) is 0 Å². The molecular formula is C13H20N2O. The number of pyridine rings is 1. The number of nitrogens with one attached hydrogen (secondary N) is 1. The largest absolute Gasteiger partial charge is 0.375 e. The Bertz CT molecular complexity index is 295. The minimum atomic E-state index is 0.579. The molecule has 0 atom stereocenters. The minimum Gasteiger partial charge on any atom is -0.375 e. The summed E-state index contributed by atoms with van der Waals surface area (Å²) in [6.07, 6.45) is 4.64. The Kier molecular flexibility index (Phi) is 6.45. The molecule has 0 aliphatic heterocycles. The van der Waals surface area contributed by atoms with E-state index in [0.717, 1.165) is 25.2 Å². The first kappa shape index (κ1) is 12.9. The molecule has 0 fully saturated rings. The number of hydrogen-bond donors (Lipinski definition) is 1. The van der Waals surface area contributed by atoms with Crippen molar-refractivity contribution in [2.75, 3.05) is 13.2 Å². The standard InChI is InChI=1S/C13H20N2O/c1-3-5-8-16-11-13-7-6-12(10-15-13)9-14-4-2/h3,6-7,10,14H,1,4-5,8-9,11H2,2H3. The molecule has 1 rings (SSSR count). The van der Waals surface area contributed by atoms with Gasteiger partial charge in [-0.1, -0.05) is 19.1 Å². The Morgan fingerprint density at radius 1 is 1.50 bits per heavy atom. The molecule has 0 radical (unpaired) electrons. The third kappa shape index (κ3) is 5.05. The van der Waals surface area contributed by atoms with E-state index in [1.807, 2.05) is 18.3 Å². The smallest absolute Gasteiger partial charge is 0.0887 e. The lowest BCUT2D eigenvalue weighted by molar-refractivity contribution is 0.122. The van der Waals surface area contributed by atoms with Crippen LogP contribution in [0.5, 0.6) is 0 Å². The fraction of sp³-hybridized carbons (Fsp3) is 0.462. The van der Waals surface area contributed by atoms with E-state index >= 15 is 0 Å². The lowest BCUT2D eigenvalue weighted by atomic mass is 10.2. The fourth-order valence-electron chi connectivity index (χ4n) is 1.26. The maximum Gasteiger partial charge on any atom is 0.0887 e. The van der Waals surface area contributed by atoms with Gasteiger partial charge in [-0.3, -0.25) is 4.98 Å². The molecule has 16 heavy (non-hydrogen) atoms. The average molecular weight is 220 g/mol. The van der Waals surface area contributed by atoms with Gasteiger partial charge in [-0.15, -0.1) is 6.58 Å². The zero-order valence-electron chi connectivity index (χ0n) is 9.91. The van der Waals surface area contributed by atoms with Crippen molar-refractivity contribution in [2.24, 2.45) is 0 Å². The third-order valence-electron chi connectivity index (χ3n) is 2.18. The predicted octanol–water partition coefficient (Wildman–Crippen LogP) is 2.28. The maximum atomic E-state index is 5.43. The molecule has 3 heteroatoms. The van der Waals surface area contributed by atoms with Crippen LogP contribution < -0.4 is 5.32 Å². The molecule has 0 spiro atoms. The van der Waals surface area contributed by atoms with Crippen LogP contribution in [0.25, 0.3) is 0 Å². The van der Waals surface area contributed by atoms with Crippen LogP contribution in [0.2, 0.25) is 0 Å². The predicted molar refractivity (Wildman–Crippen MR) is 66.1 cm³/mol. The van der Waals surface area contributed by atoms with E-state index in [1.54, 1.807) is 0 Å². The Morgan fingerprint density at radius 2 is 2.38 bits per heavy atom. The SMILES string of the molecule is C=CCCOCc1ccc(CNCC)cn1. The second-order valence-electron chi connectivity index (χ2n) is 3.57. The summed E-state index contributed by atoms with van der Waals surface area (Å²) in [7, 11) is 0. The summed E-state index contributed by atoms with van der Waals surface area (Å²) >= 11 is 0. The van der Waals surface area contributed by atoms with Gasteiger partial charge in [-0.05, 0) is 24.6 Å². The van der Waals surface area contributed by atoms with E-state index in [2.05, 4.69) is 29.9 Å². The van der Waals surface area contributed by atoms with Crippen molar-refractivity contribution in [3.8, 4) is 0 Å². The Balaban J connectivity index is 2.30. The molecular weight excluding hydrogens is 200 g/mol. The van der Waals surface area contributed by atoms with E-state index in [9.17, 15) is 0 Å². The average Bonchev–Trinajstić information content (AvgIpc) is 2.33. The second-order valence-corrected chi connectivity index (χ2v) is 3.57. The minimum absolute atomic E-state index is 0.579. The number of ether oxygens (including phenoxy) is 1. The molecule has 0 saturated carbocycles. The highest BCUT2D eigenvalue weighted by Gasteiger charge is 1.96. The molecule has 0 aliphatic rings. The van der Waals surface area contributed by atoms with Crippen LogP contribution >= 0.6 is 0 Å². The zero-order chi connectivity index (χ0) is 11.6. The van der Waals surface area contributed by atoms with Gasteiger partial charge >= 0.3 is 0 Å². The van der Waals surface area contributed by atoms with E-state index < -0.39 is 0 Å². The van der Waals surface area contributed by atoms with Gasteiger partial charge in [0, 0.05) is 12.7 Å². The fourth-order valence-corrected chi connectivity index (χ4v) is 1.26. The van der Waals surface area contributed by atoms with Gasteiger partial charge < -0.3 is 10.1 Å². The van der Waals surface area contributed by atoms with Crippen LogP contribution in [0, 0.1) is 0 Å². The zero-order valence-corrected chi connectivity index (χ0v) is 9.91. The van der Waals surface area contributed by atoms with E-state index in [-0.39, 0.29) is 0 Å². The van der Waals surface area contributed by atoms with Crippen molar-refractivity contribution in [1.29, 1.82) is 0 Å². The van der Waals surface area contributed by atoms with E-state index in [1.165, 1.54) is 5.56 Å². The normalized spacial score (nSPS) is 10.3. The number of hydrogen-bond acceptors (Lipinski definition) is 3. The third-order valence-corrected chi connectivity index (χ3v) is 2.18. The molecule has 3 nitrogen and oxygen atoms in total. The van der Waals surface area contributed by atoms with Crippen LogP contribution in [-0.2, 0) is 17.9 Å². The summed E-state index contributed by atoms with van der Waals surface area (Å²) < 4.78 is 5.43. The highest BCUT2D eigenvalue weighted by Crippen LogP contribution is 2.02. The van der Waals surface area contributed by atoms with E-state index in [4.69, 9.17) is 4.74 Å². The Hall–Kier alpha value is -1.19. The molecule has 1 N–H and O–H groups in total. The lowest BCUT2D eigenvalue weighted by Gasteiger charge is -2.04. The summed E-state index contributed by atoms with van der Waals surface area (Å²) in [5.74, 6) is 0. The monoisotopic (exact) mass is 220 g/mol. The first-order chi connectivity index (χ1) is 7.86. The summed E-state index contributed by atoms with van der Waals surface area (Å²) in [6.45, 7) is 8.88. The second kappa shape index (κ2) is 8.02. The van der Waals surface area contributed by atoms with E-state index in [0.29, 0.717) is 13.2 Å². The molecule has 1 aromatic rings. The summed E-state index contributed by atoms with van der Waals surface area (Å²) in [5.41, 5.74) is 2.18. The topological polar surface area (TPSA) is 34.1 Å². The van der Waals surface area contributed by atoms with Crippen LogP contribution in [0.4, 0.5) is 0 Å². The number of nitrogens with zero attached hydrogens (tertiary/aromatic N) is 1. The van der Waals surface area contributed by atoms with Crippen molar-refractivity contribution < 1.29 is 4.74 Å². The molecule has 1 heterocycles. The van der Waals surface area contributed by atoms with Crippen molar-refractivity contribution >= 4 is 0 Å². The quantitative estimate of drug-likeness (QED) is 0.539. The number of aromatic nitrogens is 1. The van der Waals surface area contributed by atoms with Gasteiger partial charge in [-0.25, -0.2) is 0 Å². The van der Waals surface area contributed by atoms with Crippen molar-refractivity contribution in [3.63, 3.8) is 0 Å². The summed E-state index contributed by atoms with van der Waals surface area (Å²) in [6, 6.07) is 4.10. The lowest BCUT2D eigenvalue weighted by Crippen LogP contribution is -2.12. The van der Waals surface area contributed by atoms with Crippen LogP contribution in [0.15, 0.2) is 31.0 Å². The molecule has 88 valence electrons. The van der Waals surface area contributed by atoms with Crippen LogP contribution in [0.1, 0.15) is 24.6 Å². The first-order valence-corrected chi connectivity index (χ1v) is 5.70. The van der Waals surface area contributed by atoms with Gasteiger partial charge in [0.25, 0.3) is 0 Å². The van der Waals surface area contributed by atoms with Crippen LogP contribution in [-0.4, -0.2) is 18.1 Å². The Labute approximate surface area is 97.5 Å². The molecule has 0 bridgehead atoms. The molecule has 0 aromatic carbocycles. The van der Waals surface area contributed by atoms with Crippen molar-refractivity contribution in [3.05, 3.63) is 42.2 Å². The van der Waals surface area contributed by atoms with Gasteiger partial charge in [0.2, 0.25) is 0 Å². The molecule has 1 aromatic heterocycles. The summed E-state index contributed by atoms with van der Waals surface area (Å²) in [5, 5.41) is 3.26. The van der Waals surface area contributed by atoms with Gasteiger partial charge in [0.1, 0.15) is 0 Å². The highest BCUT2D eigenvalue weighted by atomic mass is 16.5. The summed E-state index contributed by atoms with van der Waals surface area (Å²) in [4.78, 5) is 4.34. The van der Waals surface area contributed by atoms with Gasteiger partial charge in [-0.2, -0.15) is 0 Å². The van der Waals surface area contributed by atoms with Crippen molar-refractivity contribution in [2.45, 2.75) is 26.5 Å². The Morgan fingerprint density at radius 3 is 3.00 bits per heavy atom. The maximum absolute atomic E-state index is 5.43. The molecule has 0 amide bonds. The highest BCUT2D eigenvalue weighted by molar-refractivity contribution is 5.13. The molecule has 0 saturated heterocycles. The molecule has 0 aliphatic carbocycles. The first-order valence-electron chi connectivity index (χ1n) is 5.70. The van der Waals surface area contributed by atoms with Gasteiger partial charge in [0.15, 0.2) is 0 Å². The van der Waals surface area contributed by atoms with Gasteiger partial charge in [0.05, 0.1) is 18.9 Å². The molecule has 0 unspecified atom stereocenters.